The van der Waals surface area contributed by atoms with Crippen molar-refractivity contribution in [3.8, 4) is 28.4 Å². The highest BCUT2D eigenvalue weighted by Crippen LogP contribution is 2.38. The van der Waals surface area contributed by atoms with E-state index in [1.165, 1.54) is 33.5 Å². The summed E-state index contributed by atoms with van der Waals surface area (Å²) in [5, 5.41) is 5.53. The zero-order valence-electron chi connectivity index (χ0n) is 19.2. The number of rotatable bonds is 9. The summed E-state index contributed by atoms with van der Waals surface area (Å²) in [4.78, 5) is 25.0. The molecule has 1 atom stereocenters. The van der Waals surface area contributed by atoms with Crippen LogP contribution in [0, 0.1) is 0 Å². The maximum absolute atomic E-state index is 12.6. The van der Waals surface area contributed by atoms with Gasteiger partial charge in [0.25, 0.3) is 5.91 Å². The van der Waals surface area contributed by atoms with Gasteiger partial charge in [-0.2, -0.15) is 0 Å². The number of nitrogens with one attached hydrogen (secondary N) is 2. The Kier molecular flexibility index (Phi) is 7.91. The molecule has 1 unspecified atom stereocenters. The Balaban J connectivity index is 1.58. The van der Waals surface area contributed by atoms with Crippen molar-refractivity contribution in [2.75, 3.05) is 27.9 Å². The number of hydrogen-bond donors (Lipinski definition) is 2. The summed E-state index contributed by atoms with van der Waals surface area (Å²) in [5.74, 6) is 0.388. The Hall–Kier alpha value is -4.00. The molecule has 0 spiro atoms. The van der Waals surface area contributed by atoms with Crippen molar-refractivity contribution in [3.05, 3.63) is 77.9 Å². The molecule has 0 aliphatic carbocycles. The Morgan fingerprint density at radius 1 is 0.818 bits per heavy atom. The largest absolute Gasteiger partial charge is 0.493 e. The summed E-state index contributed by atoms with van der Waals surface area (Å²) < 4.78 is 15.8. The number of ether oxygens (including phenoxy) is 3. The van der Waals surface area contributed by atoms with E-state index < -0.39 is 5.91 Å². The van der Waals surface area contributed by atoms with E-state index >= 15 is 0 Å². The molecule has 3 aromatic carbocycles. The van der Waals surface area contributed by atoms with E-state index in [1.54, 1.807) is 0 Å². The van der Waals surface area contributed by atoms with Crippen molar-refractivity contribution in [2.24, 2.45) is 0 Å². The van der Waals surface area contributed by atoms with Crippen molar-refractivity contribution in [1.82, 2.24) is 10.6 Å². The van der Waals surface area contributed by atoms with Crippen LogP contribution in [-0.2, 0) is 4.79 Å². The highest BCUT2D eigenvalue weighted by atomic mass is 16.5. The molecular formula is C26H28N2O5. The van der Waals surface area contributed by atoms with Gasteiger partial charge in [-0.05, 0) is 35.7 Å². The number of hydrogen-bond acceptors (Lipinski definition) is 5. The zero-order valence-corrected chi connectivity index (χ0v) is 19.2. The second-order valence-corrected chi connectivity index (χ2v) is 7.37. The second-order valence-electron chi connectivity index (χ2n) is 7.37. The first kappa shape index (κ1) is 23.7. The van der Waals surface area contributed by atoms with Gasteiger partial charge in [-0.25, -0.2) is 0 Å². The lowest BCUT2D eigenvalue weighted by Gasteiger charge is -2.16. The van der Waals surface area contributed by atoms with Gasteiger partial charge >= 0.3 is 0 Å². The van der Waals surface area contributed by atoms with Crippen LogP contribution in [0.2, 0.25) is 0 Å². The van der Waals surface area contributed by atoms with Crippen LogP contribution < -0.4 is 24.8 Å². The molecule has 0 fully saturated rings. The summed E-state index contributed by atoms with van der Waals surface area (Å²) >= 11 is 0. The third-order valence-corrected chi connectivity index (χ3v) is 5.23. The van der Waals surface area contributed by atoms with Crippen LogP contribution >= 0.6 is 0 Å². The van der Waals surface area contributed by atoms with E-state index in [9.17, 15) is 9.59 Å². The van der Waals surface area contributed by atoms with E-state index in [-0.39, 0.29) is 18.5 Å². The van der Waals surface area contributed by atoms with Gasteiger partial charge in [0.1, 0.15) is 0 Å². The lowest BCUT2D eigenvalue weighted by Crippen LogP contribution is -2.38. The average Bonchev–Trinajstić information content (AvgIpc) is 2.86. The number of amides is 2. The van der Waals surface area contributed by atoms with Crippen LogP contribution in [0.5, 0.6) is 17.2 Å². The first-order valence-electron chi connectivity index (χ1n) is 10.5. The molecule has 172 valence electrons. The van der Waals surface area contributed by atoms with Gasteiger partial charge in [0.2, 0.25) is 11.7 Å². The molecule has 2 N–H and O–H groups in total. The minimum atomic E-state index is -0.427. The summed E-state index contributed by atoms with van der Waals surface area (Å²) in [6.45, 7) is 1.73. The first-order chi connectivity index (χ1) is 16.0. The molecule has 3 rings (SSSR count). The first-order valence-corrected chi connectivity index (χ1v) is 10.5. The fourth-order valence-electron chi connectivity index (χ4n) is 3.45. The van der Waals surface area contributed by atoms with Gasteiger partial charge in [-0.1, -0.05) is 54.6 Å². The zero-order chi connectivity index (χ0) is 23.8. The molecule has 7 heteroatoms. The summed E-state index contributed by atoms with van der Waals surface area (Å²) in [5.41, 5.74) is 3.51. The van der Waals surface area contributed by atoms with E-state index in [2.05, 4.69) is 22.8 Å². The molecule has 0 heterocycles. The van der Waals surface area contributed by atoms with Gasteiger partial charge in [-0.3, -0.25) is 9.59 Å². The van der Waals surface area contributed by atoms with E-state index in [1.807, 2.05) is 49.4 Å². The fraction of sp³-hybridized carbons (Fsp3) is 0.231. The molecule has 3 aromatic rings. The SMILES string of the molecule is COc1cc(C(=O)NCC(=O)NC(C)c2ccc(-c3ccccc3)cc2)cc(OC)c1OC. The molecule has 0 saturated heterocycles. The normalized spacial score (nSPS) is 11.3. The number of carbonyl (C=O) groups is 2. The summed E-state index contributed by atoms with van der Waals surface area (Å²) in [6, 6.07) is 21.0. The fourth-order valence-corrected chi connectivity index (χ4v) is 3.45. The van der Waals surface area contributed by atoms with Crippen LogP contribution in [-0.4, -0.2) is 39.7 Å². The lowest BCUT2D eigenvalue weighted by molar-refractivity contribution is -0.120. The second kappa shape index (κ2) is 11.0. The average molecular weight is 449 g/mol. The highest BCUT2D eigenvalue weighted by Gasteiger charge is 2.18. The van der Waals surface area contributed by atoms with Crippen molar-refractivity contribution >= 4 is 11.8 Å². The summed E-state index contributed by atoms with van der Waals surface area (Å²) in [7, 11) is 4.43. The third-order valence-electron chi connectivity index (χ3n) is 5.23. The van der Waals surface area contributed by atoms with Crippen molar-refractivity contribution in [3.63, 3.8) is 0 Å². The van der Waals surface area contributed by atoms with Crippen LogP contribution in [0.15, 0.2) is 66.7 Å². The lowest BCUT2D eigenvalue weighted by atomic mass is 10.0. The van der Waals surface area contributed by atoms with Crippen molar-refractivity contribution in [1.29, 1.82) is 0 Å². The van der Waals surface area contributed by atoms with Gasteiger partial charge in [0, 0.05) is 5.56 Å². The van der Waals surface area contributed by atoms with Crippen LogP contribution in [0.3, 0.4) is 0 Å². The van der Waals surface area contributed by atoms with Gasteiger partial charge in [-0.15, -0.1) is 0 Å². The number of methoxy groups -OCH3 is 3. The Labute approximate surface area is 193 Å². The van der Waals surface area contributed by atoms with Crippen molar-refractivity contribution < 1.29 is 23.8 Å². The number of carbonyl (C=O) groups excluding carboxylic acids is 2. The standard InChI is InChI=1S/C26H28N2O5/c1-17(18-10-12-20(13-11-18)19-8-6-5-7-9-19)28-24(29)16-27-26(30)21-14-22(31-2)25(33-4)23(15-21)32-3/h5-15,17H,16H2,1-4H3,(H,27,30)(H,28,29). The van der Waals surface area contributed by atoms with Crippen LogP contribution in [0.4, 0.5) is 0 Å². The monoisotopic (exact) mass is 448 g/mol. The summed E-state index contributed by atoms with van der Waals surface area (Å²) in [6.07, 6.45) is 0. The quantitative estimate of drug-likeness (QED) is 0.517. The van der Waals surface area contributed by atoms with E-state index in [0.29, 0.717) is 22.8 Å². The molecule has 0 bridgehead atoms. The van der Waals surface area contributed by atoms with Crippen LogP contribution in [0.25, 0.3) is 11.1 Å². The predicted molar refractivity (Wildman–Crippen MR) is 127 cm³/mol. The smallest absolute Gasteiger partial charge is 0.251 e. The molecule has 33 heavy (non-hydrogen) atoms. The molecule has 7 nitrogen and oxygen atoms in total. The minimum Gasteiger partial charge on any atom is -0.493 e. The molecule has 0 aliphatic rings. The van der Waals surface area contributed by atoms with Gasteiger partial charge < -0.3 is 24.8 Å². The molecule has 0 aromatic heterocycles. The maximum atomic E-state index is 12.6. The maximum Gasteiger partial charge on any atom is 0.251 e. The molecule has 0 aliphatic heterocycles. The van der Waals surface area contributed by atoms with E-state index in [4.69, 9.17) is 14.2 Å². The van der Waals surface area contributed by atoms with Crippen LogP contribution in [0.1, 0.15) is 28.9 Å². The predicted octanol–water partition coefficient (Wildman–Crippen LogP) is 3.99. The highest BCUT2D eigenvalue weighted by molar-refractivity contribution is 5.97. The Morgan fingerprint density at radius 3 is 1.94 bits per heavy atom. The van der Waals surface area contributed by atoms with E-state index in [0.717, 1.165) is 16.7 Å². The Bertz CT molecular complexity index is 1070. The minimum absolute atomic E-state index is 0.165. The Morgan fingerprint density at radius 2 is 1.39 bits per heavy atom. The molecule has 0 saturated carbocycles. The van der Waals surface area contributed by atoms with Crippen molar-refractivity contribution in [2.45, 2.75) is 13.0 Å². The number of benzene rings is 3. The van der Waals surface area contributed by atoms with Gasteiger partial charge in [0.05, 0.1) is 33.9 Å². The van der Waals surface area contributed by atoms with Gasteiger partial charge in [0.15, 0.2) is 11.5 Å². The molecular weight excluding hydrogens is 420 g/mol. The molecule has 0 radical (unpaired) electrons. The molecule has 2 amide bonds. The topological polar surface area (TPSA) is 85.9 Å². The third kappa shape index (κ3) is 5.83.